The Morgan fingerprint density at radius 1 is 1.24 bits per heavy atom. The van der Waals surface area contributed by atoms with Gasteiger partial charge in [-0.05, 0) is 43.2 Å². The third kappa shape index (κ3) is 2.09. The van der Waals surface area contributed by atoms with Crippen molar-refractivity contribution in [3.05, 3.63) is 41.6 Å². The largest absolute Gasteiger partial charge is 0.506 e. The zero-order chi connectivity index (χ0) is 12.4. The molecule has 0 aliphatic carbocycles. The molecule has 1 aromatic carbocycles. The maximum atomic E-state index is 9.86. The van der Waals surface area contributed by atoms with Crippen LogP contribution in [0.1, 0.15) is 11.1 Å². The van der Waals surface area contributed by atoms with Crippen molar-refractivity contribution in [2.24, 2.45) is 0 Å². The quantitative estimate of drug-likeness (QED) is 0.860. The zero-order valence-corrected chi connectivity index (χ0v) is 10.2. The molecule has 2 rings (SSSR count). The van der Waals surface area contributed by atoms with Gasteiger partial charge in [0.2, 0.25) is 0 Å². The monoisotopic (exact) mass is 229 g/mol. The molecule has 0 aliphatic rings. The molecule has 2 aromatic rings. The molecular weight excluding hydrogens is 214 g/mol. The smallest absolute Gasteiger partial charge is 0.142 e. The van der Waals surface area contributed by atoms with E-state index in [1.807, 2.05) is 26.0 Å². The van der Waals surface area contributed by atoms with Gasteiger partial charge in [-0.2, -0.15) is 0 Å². The molecule has 3 nitrogen and oxygen atoms in total. The van der Waals surface area contributed by atoms with E-state index in [0.717, 1.165) is 22.4 Å². The van der Waals surface area contributed by atoms with Gasteiger partial charge in [0.25, 0.3) is 0 Å². The van der Waals surface area contributed by atoms with Gasteiger partial charge >= 0.3 is 0 Å². The molecule has 1 heterocycles. The van der Waals surface area contributed by atoms with Crippen LogP contribution in [-0.2, 0) is 0 Å². The summed E-state index contributed by atoms with van der Waals surface area (Å²) in [6, 6.07) is 7.32. The van der Waals surface area contributed by atoms with Crippen molar-refractivity contribution in [1.82, 2.24) is 4.98 Å². The number of benzene rings is 1. The summed E-state index contributed by atoms with van der Waals surface area (Å²) in [6.45, 7) is 4.00. The van der Waals surface area contributed by atoms with E-state index in [1.165, 1.54) is 0 Å². The first kappa shape index (κ1) is 11.5. The Morgan fingerprint density at radius 3 is 2.65 bits per heavy atom. The molecule has 0 atom stereocenters. The van der Waals surface area contributed by atoms with E-state index in [0.29, 0.717) is 5.69 Å². The van der Waals surface area contributed by atoms with Crippen LogP contribution in [0.25, 0.3) is 11.3 Å². The van der Waals surface area contributed by atoms with Crippen molar-refractivity contribution < 1.29 is 9.84 Å². The molecule has 0 aliphatic heterocycles. The molecule has 0 fully saturated rings. The Kier molecular flexibility index (Phi) is 3.00. The minimum absolute atomic E-state index is 0.165. The number of rotatable bonds is 2. The average Bonchev–Trinajstić information content (AvgIpc) is 2.29. The first-order valence-electron chi connectivity index (χ1n) is 5.43. The number of aromatic hydroxyl groups is 1. The van der Waals surface area contributed by atoms with Gasteiger partial charge in [-0.25, -0.2) is 0 Å². The van der Waals surface area contributed by atoms with Gasteiger partial charge in [0.15, 0.2) is 0 Å². The third-order valence-corrected chi connectivity index (χ3v) is 2.69. The van der Waals surface area contributed by atoms with Crippen molar-refractivity contribution >= 4 is 0 Å². The van der Waals surface area contributed by atoms with Gasteiger partial charge in [0.05, 0.1) is 7.11 Å². The summed E-state index contributed by atoms with van der Waals surface area (Å²) in [5.74, 6) is 0.897. The van der Waals surface area contributed by atoms with E-state index in [4.69, 9.17) is 4.74 Å². The highest BCUT2D eigenvalue weighted by Gasteiger charge is 2.14. The van der Waals surface area contributed by atoms with Crippen LogP contribution in [0.4, 0.5) is 0 Å². The number of aryl methyl sites for hydroxylation is 2. The van der Waals surface area contributed by atoms with Crippen molar-refractivity contribution in [3.63, 3.8) is 0 Å². The predicted molar refractivity (Wildman–Crippen MR) is 67.4 cm³/mol. The molecule has 0 unspecified atom stereocenters. The van der Waals surface area contributed by atoms with Crippen LogP contribution in [-0.4, -0.2) is 17.2 Å². The Bertz CT molecular complexity index is 550. The van der Waals surface area contributed by atoms with Crippen molar-refractivity contribution in [2.75, 3.05) is 7.11 Å². The summed E-state index contributed by atoms with van der Waals surface area (Å²) in [5, 5.41) is 9.86. The van der Waals surface area contributed by atoms with Gasteiger partial charge in [0, 0.05) is 11.8 Å². The summed E-state index contributed by atoms with van der Waals surface area (Å²) in [5.41, 5.74) is 3.56. The number of methoxy groups -OCH3 is 1. The number of nitrogens with zero attached hydrogens (tertiary/aromatic N) is 1. The summed E-state index contributed by atoms with van der Waals surface area (Å²) in [4.78, 5) is 4.22. The fourth-order valence-corrected chi connectivity index (χ4v) is 1.98. The van der Waals surface area contributed by atoms with E-state index in [2.05, 4.69) is 4.98 Å². The Balaban J connectivity index is 2.71. The van der Waals surface area contributed by atoms with Crippen LogP contribution >= 0.6 is 0 Å². The second-order valence-corrected chi connectivity index (χ2v) is 4.03. The lowest BCUT2D eigenvalue weighted by Crippen LogP contribution is -1.94. The van der Waals surface area contributed by atoms with Gasteiger partial charge in [-0.15, -0.1) is 0 Å². The molecule has 0 amide bonds. The first-order valence-corrected chi connectivity index (χ1v) is 5.43. The van der Waals surface area contributed by atoms with E-state index < -0.39 is 0 Å². The highest BCUT2D eigenvalue weighted by atomic mass is 16.5. The van der Waals surface area contributed by atoms with Gasteiger partial charge < -0.3 is 9.84 Å². The molecule has 3 heteroatoms. The van der Waals surface area contributed by atoms with Crippen LogP contribution in [0.3, 0.4) is 0 Å². The van der Waals surface area contributed by atoms with Crippen LogP contribution in [0, 0.1) is 13.8 Å². The number of aromatic nitrogens is 1. The van der Waals surface area contributed by atoms with Crippen molar-refractivity contribution in [1.29, 1.82) is 0 Å². The van der Waals surface area contributed by atoms with E-state index in [9.17, 15) is 5.11 Å². The molecule has 17 heavy (non-hydrogen) atoms. The minimum atomic E-state index is 0.165. The van der Waals surface area contributed by atoms with Gasteiger partial charge in [0.1, 0.15) is 17.2 Å². The maximum absolute atomic E-state index is 9.86. The molecular formula is C14H15NO2. The number of pyridine rings is 1. The Labute approximate surface area is 101 Å². The van der Waals surface area contributed by atoms with Crippen LogP contribution in [0.5, 0.6) is 11.5 Å². The van der Waals surface area contributed by atoms with Crippen LogP contribution < -0.4 is 4.74 Å². The number of hydrogen-bond donors (Lipinski definition) is 1. The molecule has 0 saturated carbocycles. The highest BCUT2D eigenvalue weighted by molar-refractivity contribution is 5.75. The lowest BCUT2D eigenvalue weighted by Gasteiger charge is -2.13. The van der Waals surface area contributed by atoms with Gasteiger partial charge in [-0.3, -0.25) is 4.98 Å². The molecule has 0 spiro atoms. The Hall–Kier alpha value is -2.03. The standard InChI is InChI=1S/C14H15NO2/c1-9-7-10(2)13(12(8-9)17-3)14-11(16)5-4-6-15-14/h4-8,16H,1-3H3. The van der Waals surface area contributed by atoms with E-state index >= 15 is 0 Å². The van der Waals surface area contributed by atoms with Crippen molar-refractivity contribution in [3.8, 4) is 22.8 Å². The van der Waals surface area contributed by atoms with Gasteiger partial charge in [-0.1, -0.05) is 6.07 Å². The molecule has 0 saturated heterocycles. The molecule has 0 radical (unpaired) electrons. The highest BCUT2D eigenvalue weighted by Crippen LogP contribution is 2.37. The third-order valence-electron chi connectivity index (χ3n) is 2.69. The van der Waals surface area contributed by atoms with Crippen LogP contribution in [0.2, 0.25) is 0 Å². The zero-order valence-electron chi connectivity index (χ0n) is 10.2. The summed E-state index contributed by atoms with van der Waals surface area (Å²) < 4.78 is 5.37. The van der Waals surface area contributed by atoms with E-state index in [-0.39, 0.29) is 5.75 Å². The fraction of sp³-hybridized carbons (Fsp3) is 0.214. The second-order valence-electron chi connectivity index (χ2n) is 4.03. The molecule has 88 valence electrons. The Morgan fingerprint density at radius 2 is 2.00 bits per heavy atom. The minimum Gasteiger partial charge on any atom is -0.506 e. The molecule has 0 bridgehead atoms. The first-order chi connectivity index (χ1) is 8.13. The van der Waals surface area contributed by atoms with E-state index in [1.54, 1.807) is 25.4 Å². The number of ether oxygens (including phenoxy) is 1. The SMILES string of the molecule is COc1cc(C)cc(C)c1-c1ncccc1O. The lowest BCUT2D eigenvalue weighted by molar-refractivity contribution is 0.415. The predicted octanol–water partition coefficient (Wildman–Crippen LogP) is 3.08. The summed E-state index contributed by atoms with van der Waals surface area (Å²) in [7, 11) is 1.62. The molecule has 1 N–H and O–H groups in total. The summed E-state index contributed by atoms with van der Waals surface area (Å²) >= 11 is 0. The average molecular weight is 229 g/mol. The van der Waals surface area contributed by atoms with Crippen molar-refractivity contribution in [2.45, 2.75) is 13.8 Å². The lowest BCUT2D eigenvalue weighted by atomic mass is 10.0. The number of hydrogen-bond acceptors (Lipinski definition) is 3. The summed E-state index contributed by atoms with van der Waals surface area (Å²) in [6.07, 6.45) is 1.66. The molecule has 1 aromatic heterocycles. The fourth-order valence-electron chi connectivity index (χ4n) is 1.98. The normalized spacial score (nSPS) is 10.3. The second kappa shape index (κ2) is 4.45. The van der Waals surface area contributed by atoms with Crippen LogP contribution in [0.15, 0.2) is 30.5 Å². The maximum Gasteiger partial charge on any atom is 0.142 e. The topological polar surface area (TPSA) is 42.4 Å².